The molecule has 0 amide bonds. The van der Waals surface area contributed by atoms with Crippen LogP contribution in [0.15, 0.2) is 0 Å². The molecular weight excluding hydrogens is 232 g/mol. The van der Waals surface area contributed by atoms with Crippen molar-refractivity contribution in [1.29, 1.82) is 0 Å². The Labute approximate surface area is 109 Å². The highest BCUT2D eigenvalue weighted by Gasteiger charge is 2.63. The van der Waals surface area contributed by atoms with Gasteiger partial charge in [-0.25, -0.2) is 0 Å². The molecule has 0 heterocycles. The van der Waals surface area contributed by atoms with Gasteiger partial charge in [-0.15, -0.1) is 0 Å². The van der Waals surface area contributed by atoms with Gasteiger partial charge in [0, 0.05) is 12.3 Å². The normalized spacial score (nSPS) is 24.4. The van der Waals surface area contributed by atoms with Gasteiger partial charge in [0.25, 0.3) is 0 Å². The molecule has 104 valence electrons. The first-order valence-corrected chi connectivity index (χ1v) is 6.77. The highest BCUT2D eigenvalue weighted by Crippen LogP contribution is 2.58. The lowest BCUT2D eigenvalue weighted by molar-refractivity contribution is -0.148. The zero-order chi connectivity index (χ0) is 13.8. The maximum atomic E-state index is 11.9. The topological polar surface area (TPSA) is 52.6 Å². The van der Waals surface area contributed by atoms with Crippen molar-refractivity contribution in [1.82, 2.24) is 0 Å². The molecule has 4 heteroatoms. The van der Waals surface area contributed by atoms with Crippen LogP contribution in [0.1, 0.15) is 47.0 Å². The Morgan fingerprint density at radius 3 is 2.39 bits per heavy atom. The van der Waals surface area contributed by atoms with Crippen molar-refractivity contribution in [3.05, 3.63) is 0 Å². The number of rotatable bonds is 7. The molecule has 1 aliphatic rings. The van der Waals surface area contributed by atoms with Crippen LogP contribution in [0.4, 0.5) is 0 Å². The third-order valence-electron chi connectivity index (χ3n) is 3.76. The predicted octanol–water partition coefficient (Wildman–Crippen LogP) is 2.56. The van der Waals surface area contributed by atoms with E-state index < -0.39 is 0 Å². The molecule has 0 aromatic carbocycles. The van der Waals surface area contributed by atoms with Crippen molar-refractivity contribution in [2.75, 3.05) is 13.2 Å². The minimum Gasteiger partial charge on any atom is -0.465 e. The monoisotopic (exact) mass is 256 g/mol. The predicted molar refractivity (Wildman–Crippen MR) is 67.9 cm³/mol. The van der Waals surface area contributed by atoms with E-state index >= 15 is 0 Å². The van der Waals surface area contributed by atoms with Crippen LogP contribution in [0.5, 0.6) is 0 Å². The van der Waals surface area contributed by atoms with Gasteiger partial charge in [0.1, 0.15) is 0 Å². The Bertz CT molecular complexity index is 309. The van der Waals surface area contributed by atoms with Crippen LogP contribution in [0.25, 0.3) is 0 Å². The molecule has 0 aromatic heterocycles. The van der Waals surface area contributed by atoms with Gasteiger partial charge in [0.2, 0.25) is 0 Å². The standard InChI is InChI=1S/C14H24O4/c1-5-7-8-17-13(16)12-10(14(12,3)4)9-18-11(15)6-2/h10,12H,5-9H2,1-4H3. The van der Waals surface area contributed by atoms with Gasteiger partial charge < -0.3 is 9.47 Å². The number of hydrogen-bond donors (Lipinski definition) is 0. The molecular formula is C14H24O4. The maximum Gasteiger partial charge on any atom is 0.309 e. The molecule has 4 nitrogen and oxygen atoms in total. The molecule has 1 rings (SSSR count). The van der Waals surface area contributed by atoms with E-state index in [4.69, 9.17) is 9.47 Å². The Balaban J connectivity index is 2.37. The molecule has 2 unspecified atom stereocenters. The number of carbonyl (C=O) groups is 2. The number of unbranched alkanes of at least 4 members (excludes halogenated alkanes) is 1. The highest BCUT2D eigenvalue weighted by molar-refractivity contribution is 5.78. The summed E-state index contributed by atoms with van der Waals surface area (Å²) in [5.74, 6) is -0.386. The van der Waals surface area contributed by atoms with Crippen LogP contribution in [-0.4, -0.2) is 25.2 Å². The first kappa shape index (κ1) is 15.0. The van der Waals surface area contributed by atoms with Crippen molar-refractivity contribution >= 4 is 11.9 Å². The van der Waals surface area contributed by atoms with Gasteiger partial charge in [0.15, 0.2) is 0 Å². The molecule has 0 saturated heterocycles. The van der Waals surface area contributed by atoms with E-state index in [1.165, 1.54) is 0 Å². The van der Waals surface area contributed by atoms with E-state index in [2.05, 4.69) is 6.92 Å². The first-order chi connectivity index (χ1) is 8.45. The van der Waals surface area contributed by atoms with E-state index in [1.807, 2.05) is 13.8 Å². The summed E-state index contributed by atoms with van der Waals surface area (Å²) in [5.41, 5.74) is -0.114. The van der Waals surface area contributed by atoms with E-state index in [9.17, 15) is 9.59 Å². The molecule has 0 spiro atoms. The highest BCUT2D eigenvalue weighted by atomic mass is 16.5. The minimum absolute atomic E-state index is 0.0992. The van der Waals surface area contributed by atoms with Crippen LogP contribution in [0.3, 0.4) is 0 Å². The van der Waals surface area contributed by atoms with Gasteiger partial charge in [-0.1, -0.05) is 34.1 Å². The molecule has 0 N–H and O–H groups in total. The summed E-state index contributed by atoms with van der Waals surface area (Å²) >= 11 is 0. The summed E-state index contributed by atoms with van der Waals surface area (Å²) in [6.07, 6.45) is 2.28. The fraction of sp³-hybridized carbons (Fsp3) is 0.857. The molecule has 1 aliphatic carbocycles. The Hall–Kier alpha value is -1.06. The number of esters is 2. The fourth-order valence-electron chi connectivity index (χ4n) is 2.21. The Kier molecular flexibility index (Phi) is 5.17. The quantitative estimate of drug-likeness (QED) is 0.519. The summed E-state index contributed by atoms with van der Waals surface area (Å²) in [4.78, 5) is 23.0. The van der Waals surface area contributed by atoms with Crippen molar-refractivity contribution in [3.8, 4) is 0 Å². The molecule has 0 aliphatic heterocycles. The van der Waals surface area contributed by atoms with Crippen LogP contribution in [-0.2, 0) is 19.1 Å². The lowest BCUT2D eigenvalue weighted by Gasteiger charge is -2.04. The van der Waals surface area contributed by atoms with Crippen molar-refractivity contribution in [2.45, 2.75) is 47.0 Å². The van der Waals surface area contributed by atoms with E-state index in [0.717, 1.165) is 12.8 Å². The van der Waals surface area contributed by atoms with Crippen molar-refractivity contribution < 1.29 is 19.1 Å². The van der Waals surface area contributed by atoms with Crippen LogP contribution >= 0.6 is 0 Å². The molecule has 18 heavy (non-hydrogen) atoms. The zero-order valence-corrected chi connectivity index (χ0v) is 11.8. The van der Waals surface area contributed by atoms with Crippen LogP contribution in [0, 0.1) is 17.3 Å². The molecule has 0 aromatic rings. The molecule has 1 saturated carbocycles. The van der Waals surface area contributed by atoms with Gasteiger partial charge in [-0.05, 0) is 11.8 Å². The molecule has 1 fully saturated rings. The van der Waals surface area contributed by atoms with E-state index in [-0.39, 0.29) is 29.2 Å². The summed E-state index contributed by atoms with van der Waals surface area (Å²) < 4.78 is 10.3. The third kappa shape index (κ3) is 3.47. The zero-order valence-electron chi connectivity index (χ0n) is 11.8. The molecule has 0 radical (unpaired) electrons. The van der Waals surface area contributed by atoms with Crippen molar-refractivity contribution in [3.63, 3.8) is 0 Å². The number of hydrogen-bond acceptors (Lipinski definition) is 4. The number of carbonyl (C=O) groups excluding carboxylic acids is 2. The number of ether oxygens (including phenoxy) is 2. The second-order valence-corrected chi connectivity index (χ2v) is 5.46. The third-order valence-corrected chi connectivity index (χ3v) is 3.76. The van der Waals surface area contributed by atoms with E-state index in [0.29, 0.717) is 19.6 Å². The second kappa shape index (κ2) is 6.21. The molecule has 0 bridgehead atoms. The second-order valence-electron chi connectivity index (χ2n) is 5.46. The fourth-order valence-corrected chi connectivity index (χ4v) is 2.21. The van der Waals surface area contributed by atoms with Gasteiger partial charge in [-0.3, -0.25) is 9.59 Å². The summed E-state index contributed by atoms with van der Waals surface area (Å²) in [5, 5.41) is 0. The Morgan fingerprint density at radius 1 is 1.17 bits per heavy atom. The Morgan fingerprint density at radius 2 is 1.83 bits per heavy atom. The van der Waals surface area contributed by atoms with E-state index in [1.54, 1.807) is 6.92 Å². The average Bonchev–Trinajstić information content (AvgIpc) is 2.88. The van der Waals surface area contributed by atoms with Crippen molar-refractivity contribution in [2.24, 2.45) is 17.3 Å². The lowest BCUT2D eigenvalue weighted by atomic mass is 10.1. The van der Waals surface area contributed by atoms with Crippen LogP contribution < -0.4 is 0 Å². The summed E-state index contributed by atoms with van der Waals surface area (Å²) in [6.45, 7) is 8.67. The smallest absolute Gasteiger partial charge is 0.309 e. The van der Waals surface area contributed by atoms with Gasteiger partial charge in [0.05, 0.1) is 19.1 Å². The van der Waals surface area contributed by atoms with Gasteiger partial charge in [-0.2, -0.15) is 0 Å². The average molecular weight is 256 g/mol. The largest absolute Gasteiger partial charge is 0.465 e. The summed E-state index contributed by atoms with van der Waals surface area (Å²) in [7, 11) is 0. The minimum atomic E-state index is -0.212. The SMILES string of the molecule is CCCCOC(=O)C1C(COC(=O)CC)C1(C)C. The first-order valence-electron chi connectivity index (χ1n) is 6.77. The summed E-state index contributed by atoms with van der Waals surface area (Å²) in [6, 6.07) is 0. The maximum absolute atomic E-state index is 11.9. The lowest BCUT2D eigenvalue weighted by Crippen LogP contribution is -2.12. The molecule has 2 atom stereocenters. The van der Waals surface area contributed by atoms with Gasteiger partial charge >= 0.3 is 11.9 Å². The van der Waals surface area contributed by atoms with Crippen LogP contribution in [0.2, 0.25) is 0 Å².